The largest absolute Gasteiger partial charge is 3.00 e. The van der Waals surface area contributed by atoms with Gasteiger partial charge < -0.3 is 56.2 Å². The van der Waals surface area contributed by atoms with Crippen LogP contribution in [-0.2, 0) is 41.3 Å². The predicted octanol–water partition coefficient (Wildman–Crippen LogP) is 4.58. The third-order valence-corrected chi connectivity index (χ3v) is 8.70. The average molecular weight is 1480 g/mol. The van der Waals surface area contributed by atoms with E-state index in [4.69, 9.17) is 30.6 Å². The first-order valence-corrected chi connectivity index (χ1v) is 25.0. The van der Waals surface area contributed by atoms with Crippen LogP contribution in [0.5, 0.6) is 0 Å². The van der Waals surface area contributed by atoms with E-state index in [9.17, 15) is 49.5 Å². The second kappa shape index (κ2) is 52.2. The van der Waals surface area contributed by atoms with Gasteiger partial charge in [0.1, 0.15) is 0 Å². The van der Waals surface area contributed by atoms with Gasteiger partial charge in [-0.1, -0.05) is 208 Å². The molecule has 0 fully saturated rings. The number of aliphatic hydroxyl groups excluding tert-OH is 2. The minimum absolute atomic E-state index is 0. The molecule has 0 amide bonds. The van der Waals surface area contributed by atoms with Gasteiger partial charge in [-0.25, -0.2) is 0 Å². The molecule has 0 heterocycles. The van der Waals surface area contributed by atoms with Gasteiger partial charge in [-0.15, -0.1) is 28.8 Å². The Morgan fingerprint density at radius 3 is 0.325 bits per heavy atom. The zero-order chi connectivity index (χ0) is 66.3. The Labute approximate surface area is 561 Å². The Bertz CT molecular complexity index is 1460. The molecule has 481 valence electrons. The number of allylic oxidation sites excluding steroid dienone is 10. The van der Waals surface area contributed by atoms with Gasteiger partial charge >= 0.3 is 93.7 Å². The Kier molecular flexibility index (Phi) is 74.2. The van der Waals surface area contributed by atoms with Gasteiger partial charge in [-0.05, 0) is 57.5 Å². The molecule has 3 radical (unpaired) electrons. The Morgan fingerprint density at radius 1 is 0.225 bits per heavy atom. The van der Waals surface area contributed by atoms with E-state index in [1.807, 2.05) is 208 Å². The molecule has 2 N–H and O–H groups in total. The SMILES string of the molecule is CC(C)(C)C(=O)/C=C(\[O-])C(C)(C)C.CC(C)(C)C(=O)/C=C(\[O-])C(C)(C)C.CC(C)(C)C(=O)/C=C(\[O-])C(C)(C)C.CC(C)(C)C(=O)/C=C(\[O-])C(C)(C)C.CC(C)(C)C(=O)/C=C(\[O-])C(C)(C)C.CO.CO.C[O-].C[O-].C[O-].C[O-].[Cr+3].[Dy+3].[Dy+3]. The zero-order valence-electron chi connectivity index (χ0n) is 56.5. The molecule has 16 nitrogen and oxygen atoms in total. The van der Waals surface area contributed by atoms with E-state index in [1.165, 1.54) is 30.4 Å². The second-order valence-corrected chi connectivity index (χ2v) is 26.9. The molecule has 19 heteroatoms. The van der Waals surface area contributed by atoms with Crippen molar-refractivity contribution in [3.63, 3.8) is 0 Å². The first kappa shape index (κ1) is 114. The fourth-order valence-electron chi connectivity index (χ4n) is 2.76. The number of hydrogen-bond donors (Lipinski definition) is 2. The molecule has 0 aromatic heterocycles. The number of carbonyl (C=O) groups is 5. The third kappa shape index (κ3) is 71.2. The summed E-state index contributed by atoms with van der Waals surface area (Å²) in [6, 6.07) is 0. The van der Waals surface area contributed by atoms with Gasteiger partial charge in [0.15, 0.2) is 28.9 Å². The fourth-order valence-corrected chi connectivity index (χ4v) is 2.76. The minimum Gasteiger partial charge on any atom is -0.875 e. The Balaban J connectivity index is -0.0000000535. The Hall–Kier alpha value is -1.11. The van der Waals surface area contributed by atoms with Crippen LogP contribution in [0.4, 0.5) is 0 Å². The average Bonchev–Trinajstić information content (AvgIpc) is 3.25. The van der Waals surface area contributed by atoms with Crippen LogP contribution in [0.15, 0.2) is 59.2 Å². The van der Waals surface area contributed by atoms with Crippen molar-refractivity contribution in [1.29, 1.82) is 0 Å². The summed E-state index contributed by atoms with van der Waals surface area (Å²) in [4.78, 5) is 57.2. The quantitative estimate of drug-likeness (QED) is 0.281. The van der Waals surface area contributed by atoms with Crippen molar-refractivity contribution in [2.75, 3.05) is 42.7 Å². The van der Waals surface area contributed by atoms with Crippen molar-refractivity contribution in [2.24, 2.45) is 54.1 Å². The molecule has 0 aliphatic rings. The maximum absolute atomic E-state index is 11.4. The Morgan fingerprint density at radius 2 is 0.287 bits per heavy atom. The van der Waals surface area contributed by atoms with Crippen LogP contribution in [0.1, 0.15) is 208 Å². The summed E-state index contributed by atoms with van der Waals surface area (Å²) in [5, 5.41) is 104. The molecule has 0 aliphatic heterocycles. The first-order chi connectivity index (χ1) is 33.7. The van der Waals surface area contributed by atoms with Crippen LogP contribution in [-0.4, -0.2) is 81.8 Å². The third-order valence-electron chi connectivity index (χ3n) is 8.70. The molecule has 0 unspecified atom stereocenters. The predicted molar refractivity (Wildman–Crippen MR) is 300 cm³/mol. The first-order valence-electron chi connectivity index (χ1n) is 25.0. The monoisotopic (exact) mass is 1480 g/mol. The number of hydrogen-bond acceptors (Lipinski definition) is 16. The molecule has 0 saturated heterocycles. The van der Waals surface area contributed by atoms with E-state index in [2.05, 4.69) is 0 Å². The van der Waals surface area contributed by atoms with E-state index in [0.29, 0.717) is 0 Å². The van der Waals surface area contributed by atoms with E-state index >= 15 is 0 Å². The smallest absolute Gasteiger partial charge is 0.875 e. The van der Waals surface area contributed by atoms with E-state index < -0.39 is 54.1 Å². The molecule has 0 aromatic carbocycles. The standard InChI is InChI=1S/5C11H20O2.2CH4O.4CH3O.Cr.2Dy/c5*1-10(2,3)8(12)7-9(13)11(4,5)6;6*1-2;;;/h5*7,12H,1-6H3;2*2H,1H3;4*1H3;;;/q;;;;;;;4*-1;3*+3/p-5/b5*8-7-;;;;;;;;;. The van der Waals surface area contributed by atoms with Crippen molar-refractivity contribution in [1.82, 2.24) is 0 Å². The van der Waals surface area contributed by atoms with Crippen molar-refractivity contribution in [3.05, 3.63) is 59.2 Å². The molecular formula is C61H115CrDy2O16. The van der Waals surface area contributed by atoms with Crippen LogP contribution in [0.25, 0.3) is 0 Å². The molecule has 80 heavy (non-hydrogen) atoms. The topological polar surface area (TPSA) is 333 Å². The second-order valence-electron chi connectivity index (χ2n) is 26.9. The summed E-state index contributed by atoms with van der Waals surface area (Å²) >= 11 is 0. The summed E-state index contributed by atoms with van der Waals surface area (Å²) in [5.41, 5.74) is -4.57. The van der Waals surface area contributed by atoms with Crippen LogP contribution < -0.4 is 46.0 Å². The van der Waals surface area contributed by atoms with Crippen LogP contribution >= 0.6 is 0 Å². The zero-order valence-corrected chi connectivity index (χ0v) is 61.9. The van der Waals surface area contributed by atoms with Crippen molar-refractivity contribution in [2.45, 2.75) is 208 Å². The minimum atomic E-state index is -0.457. The summed E-state index contributed by atoms with van der Waals surface area (Å²) in [6.45, 7) is 54.2. The van der Waals surface area contributed by atoms with Gasteiger partial charge in [0.25, 0.3) is 0 Å². The van der Waals surface area contributed by atoms with Gasteiger partial charge in [0.05, 0.1) is 0 Å². The molecule has 0 aliphatic carbocycles. The molecule has 0 aromatic rings. The summed E-state index contributed by atoms with van der Waals surface area (Å²) in [5.74, 6) is -1.04. The maximum Gasteiger partial charge on any atom is 3.00 e. The van der Waals surface area contributed by atoms with Crippen LogP contribution in [0.2, 0.25) is 0 Å². The molecule has 0 atom stereocenters. The number of ketones is 5. The van der Waals surface area contributed by atoms with Crippen molar-refractivity contribution in [3.8, 4) is 0 Å². The van der Waals surface area contributed by atoms with Gasteiger partial charge in [0.2, 0.25) is 0 Å². The number of aliphatic hydroxyl groups is 2. The van der Waals surface area contributed by atoms with E-state index in [-0.39, 0.29) is 151 Å². The van der Waals surface area contributed by atoms with Crippen LogP contribution in [0.3, 0.4) is 0 Å². The van der Waals surface area contributed by atoms with Gasteiger partial charge in [-0.2, -0.15) is 28.4 Å². The van der Waals surface area contributed by atoms with Gasteiger partial charge in [0, 0.05) is 41.3 Å². The fraction of sp³-hybridized carbons (Fsp3) is 0.754. The summed E-state index contributed by atoms with van der Waals surface area (Å²) < 4.78 is 0. The maximum atomic E-state index is 11.4. The van der Waals surface area contributed by atoms with Crippen molar-refractivity contribution < 1.29 is 174 Å². The number of rotatable bonds is 5. The number of carbonyl (C=O) groups excluding carboxylic acids is 5. The summed E-state index contributed by atoms with van der Waals surface area (Å²) in [6.07, 6.45) is 6.11. The normalized spacial score (nSPS) is 12.2. The molecule has 0 rings (SSSR count). The van der Waals surface area contributed by atoms with Crippen LogP contribution in [0, 0.1) is 130 Å². The van der Waals surface area contributed by atoms with Crippen molar-refractivity contribution >= 4 is 28.9 Å². The van der Waals surface area contributed by atoms with E-state index in [0.717, 1.165) is 42.7 Å². The molecule has 0 bridgehead atoms. The molecule has 0 spiro atoms. The van der Waals surface area contributed by atoms with Gasteiger partial charge in [-0.3, -0.25) is 24.0 Å². The molecular weight excluding hydrogens is 1370 g/mol. The summed E-state index contributed by atoms with van der Waals surface area (Å²) in [7, 11) is 5.00. The molecule has 0 saturated carbocycles. The van der Waals surface area contributed by atoms with E-state index in [1.54, 1.807) is 0 Å².